The number of hydrazine groups is 1. The minimum absolute atomic E-state index is 0.0873. The fourth-order valence-electron chi connectivity index (χ4n) is 2.96. The summed E-state index contributed by atoms with van der Waals surface area (Å²) >= 11 is 0. The van der Waals surface area contributed by atoms with Gasteiger partial charge in [0.2, 0.25) is 0 Å². The molecule has 1 aliphatic rings. The third kappa shape index (κ3) is 3.33. The predicted octanol–water partition coefficient (Wildman–Crippen LogP) is 2.69. The van der Waals surface area contributed by atoms with Crippen LogP contribution in [0.15, 0.2) is 60.9 Å². The number of anilines is 1. The molecule has 1 saturated heterocycles. The number of benzene rings is 2. The van der Waals surface area contributed by atoms with Gasteiger partial charge in [0.05, 0.1) is 17.5 Å². The molecule has 6 nitrogen and oxygen atoms in total. The molecular weight excluding hydrogens is 321 g/mol. The van der Waals surface area contributed by atoms with Crippen LogP contribution in [0.4, 0.5) is 10.1 Å². The fraction of sp³-hybridized carbons (Fsp3) is 0.167. The summed E-state index contributed by atoms with van der Waals surface area (Å²) in [6, 6.07) is 14.2. The van der Waals surface area contributed by atoms with Crippen LogP contribution in [0.5, 0.6) is 5.75 Å². The van der Waals surface area contributed by atoms with Crippen LogP contribution in [0.25, 0.3) is 5.69 Å². The van der Waals surface area contributed by atoms with E-state index in [9.17, 15) is 9.50 Å². The smallest absolute Gasteiger partial charge is 0.150 e. The highest BCUT2D eigenvalue weighted by molar-refractivity contribution is 5.48. The number of nitrogens with one attached hydrogen (secondary N) is 3. The molecule has 1 fully saturated rings. The number of phenolic OH excluding ortho intramolecular Hbond substituents is 1. The standard InChI is InChI=1S/C18H18FN5O/c19-15-10-14(25)6-7-16(15)21-18-11-17(22-23-18)12-2-4-13(5-3-12)24-9-1-8-20-24/h1-10,17-18,21-23,25H,11H2. The van der Waals surface area contributed by atoms with E-state index in [1.165, 1.54) is 12.1 Å². The molecule has 0 radical (unpaired) electrons. The Morgan fingerprint density at radius 3 is 2.72 bits per heavy atom. The first-order valence-electron chi connectivity index (χ1n) is 8.05. The van der Waals surface area contributed by atoms with Crippen molar-refractivity contribution in [3.63, 3.8) is 0 Å². The number of halogens is 1. The van der Waals surface area contributed by atoms with Gasteiger partial charge in [-0.2, -0.15) is 5.10 Å². The van der Waals surface area contributed by atoms with Gasteiger partial charge in [-0.25, -0.2) is 19.9 Å². The monoisotopic (exact) mass is 339 g/mol. The SMILES string of the molecule is Oc1ccc(NC2CC(c3ccc(-n4cccn4)cc3)NN2)c(F)c1. The van der Waals surface area contributed by atoms with Crippen LogP contribution in [-0.4, -0.2) is 21.1 Å². The van der Waals surface area contributed by atoms with Gasteiger partial charge in [0, 0.05) is 30.9 Å². The van der Waals surface area contributed by atoms with E-state index in [4.69, 9.17) is 0 Å². The van der Waals surface area contributed by atoms with Crippen molar-refractivity contribution in [3.05, 3.63) is 72.3 Å². The van der Waals surface area contributed by atoms with E-state index in [1.54, 1.807) is 6.20 Å². The summed E-state index contributed by atoms with van der Waals surface area (Å²) in [5.41, 5.74) is 8.84. The van der Waals surface area contributed by atoms with Gasteiger partial charge < -0.3 is 10.4 Å². The maximum Gasteiger partial charge on any atom is 0.150 e. The first-order chi connectivity index (χ1) is 12.2. The van der Waals surface area contributed by atoms with E-state index < -0.39 is 5.82 Å². The van der Waals surface area contributed by atoms with Gasteiger partial charge in [0.15, 0.2) is 0 Å². The summed E-state index contributed by atoms with van der Waals surface area (Å²) in [6.07, 6.45) is 4.28. The highest BCUT2D eigenvalue weighted by atomic mass is 19.1. The number of phenols is 1. The Labute approximate surface area is 144 Å². The Morgan fingerprint density at radius 1 is 1.16 bits per heavy atom. The molecule has 4 rings (SSSR count). The molecule has 2 heterocycles. The second-order valence-corrected chi connectivity index (χ2v) is 5.98. The quantitative estimate of drug-likeness (QED) is 0.550. The molecule has 7 heteroatoms. The Balaban J connectivity index is 1.42. The van der Waals surface area contributed by atoms with Gasteiger partial charge in [-0.15, -0.1) is 0 Å². The molecule has 0 amide bonds. The number of aromatic hydroxyl groups is 1. The van der Waals surface area contributed by atoms with Crippen molar-refractivity contribution in [3.8, 4) is 11.4 Å². The van der Waals surface area contributed by atoms with E-state index in [0.29, 0.717) is 5.69 Å². The number of aromatic nitrogens is 2. The zero-order chi connectivity index (χ0) is 17.2. The maximum absolute atomic E-state index is 13.8. The lowest BCUT2D eigenvalue weighted by atomic mass is 10.0. The second-order valence-electron chi connectivity index (χ2n) is 5.98. The molecule has 1 aromatic heterocycles. The number of hydrogen-bond acceptors (Lipinski definition) is 5. The Bertz CT molecular complexity index is 850. The maximum atomic E-state index is 13.8. The highest BCUT2D eigenvalue weighted by Gasteiger charge is 2.25. The fourth-order valence-corrected chi connectivity index (χ4v) is 2.96. The van der Waals surface area contributed by atoms with Crippen LogP contribution < -0.4 is 16.2 Å². The lowest BCUT2D eigenvalue weighted by Crippen LogP contribution is -2.36. The highest BCUT2D eigenvalue weighted by Crippen LogP contribution is 2.26. The zero-order valence-electron chi connectivity index (χ0n) is 13.4. The van der Waals surface area contributed by atoms with Gasteiger partial charge >= 0.3 is 0 Å². The normalized spacial score (nSPS) is 19.9. The first-order valence-corrected chi connectivity index (χ1v) is 8.05. The summed E-state index contributed by atoms with van der Waals surface area (Å²) in [6.45, 7) is 0. The molecule has 0 spiro atoms. The average molecular weight is 339 g/mol. The zero-order valence-corrected chi connectivity index (χ0v) is 13.4. The summed E-state index contributed by atoms with van der Waals surface area (Å²) in [5, 5.41) is 16.6. The van der Waals surface area contributed by atoms with E-state index >= 15 is 0 Å². The van der Waals surface area contributed by atoms with Crippen LogP contribution >= 0.6 is 0 Å². The molecule has 2 aromatic carbocycles. The van der Waals surface area contributed by atoms with Crippen LogP contribution in [0, 0.1) is 5.82 Å². The average Bonchev–Trinajstić information content (AvgIpc) is 3.30. The first kappa shape index (κ1) is 15.6. The van der Waals surface area contributed by atoms with Crippen LogP contribution in [0.3, 0.4) is 0 Å². The summed E-state index contributed by atoms with van der Waals surface area (Å²) < 4.78 is 15.6. The lowest BCUT2D eigenvalue weighted by molar-refractivity contribution is 0.469. The second kappa shape index (κ2) is 6.54. The van der Waals surface area contributed by atoms with Crippen LogP contribution in [0.2, 0.25) is 0 Å². The third-order valence-electron chi connectivity index (χ3n) is 4.25. The summed E-state index contributed by atoms with van der Waals surface area (Å²) in [7, 11) is 0. The minimum Gasteiger partial charge on any atom is -0.508 e. The van der Waals surface area contributed by atoms with Crippen molar-refractivity contribution >= 4 is 5.69 Å². The minimum atomic E-state index is -0.478. The van der Waals surface area contributed by atoms with Gasteiger partial charge in [0.1, 0.15) is 11.6 Å². The van der Waals surface area contributed by atoms with E-state index in [2.05, 4.69) is 33.4 Å². The van der Waals surface area contributed by atoms with Crippen molar-refractivity contribution in [1.29, 1.82) is 0 Å². The van der Waals surface area contributed by atoms with Gasteiger partial charge in [-0.3, -0.25) is 0 Å². The summed E-state index contributed by atoms with van der Waals surface area (Å²) in [5.74, 6) is -0.565. The molecule has 128 valence electrons. The van der Waals surface area contributed by atoms with Gasteiger partial charge in [0.25, 0.3) is 0 Å². The molecule has 4 N–H and O–H groups in total. The van der Waals surface area contributed by atoms with Gasteiger partial charge in [-0.1, -0.05) is 12.1 Å². The van der Waals surface area contributed by atoms with E-state index in [0.717, 1.165) is 23.7 Å². The number of rotatable bonds is 4. The number of hydrogen-bond donors (Lipinski definition) is 4. The van der Waals surface area contributed by atoms with Crippen molar-refractivity contribution in [2.45, 2.75) is 18.6 Å². The summed E-state index contributed by atoms with van der Waals surface area (Å²) in [4.78, 5) is 0. The van der Waals surface area contributed by atoms with Crippen molar-refractivity contribution < 1.29 is 9.50 Å². The molecule has 25 heavy (non-hydrogen) atoms. The Morgan fingerprint density at radius 2 is 2.00 bits per heavy atom. The molecule has 0 saturated carbocycles. The largest absolute Gasteiger partial charge is 0.508 e. The molecule has 1 aliphatic heterocycles. The van der Waals surface area contributed by atoms with Crippen LogP contribution in [-0.2, 0) is 0 Å². The molecule has 2 unspecified atom stereocenters. The van der Waals surface area contributed by atoms with Crippen molar-refractivity contribution in [2.75, 3.05) is 5.32 Å². The van der Waals surface area contributed by atoms with Crippen LogP contribution in [0.1, 0.15) is 18.0 Å². The topological polar surface area (TPSA) is 74.1 Å². The van der Waals surface area contributed by atoms with Crippen molar-refractivity contribution in [1.82, 2.24) is 20.6 Å². The molecule has 0 bridgehead atoms. The Hall–Kier alpha value is -2.90. The predicted molar refractivity (Wildman–Crippen MR) is 92.7 cm³/mol. The lowest BCUT2D eigenvalue weighted by Gasteiger charge is -2.14. The number of nitrogens with zero attached hydrogens (tertiary/aromatic N) is 2. The molecule has 2 atom stereocenters. The Kier molecular flexibility index (Phi) is 4.09. The van der Waals surface area contributed by atoms with E-state index in [1.807, 2.05) is 29.1 Å². The molecular formula is C18H18FN5O. The molecule has 0 aliphatic carbocycles. The molecule has 3 aromatic rings. The van der Waals surface area contributed by atoms with Crippen molar-refractivity contribution in [2.24, 2.45) is 0 Å². The van der Waals surface area contributed by atoms with E-state index in [-0.39, 0.29) is 18.0 Å². The third-order valence-corrected chi connectivity index (χ3v) is 4.25. The van der Waals surface area contributed by atoms with Gasteiger partial charge in [-0.05, 0) is 35.9 Å².